The van der Waals surface area contributed by atoms with Crippen molar-refractivity contribution < 1.29 is 4.79 Å². The maximum absolute atomic E-state index is 12.1. The lowest BCUT2D eigenvalue weighted by molar-refractivity contribution is -0.120. The van der Waals surface area contributed by atoms with E-state index in [2.05, 4.69) is 31.1 Å². The number of halogens is 1. The fourth-order valence-electron chi connectivity index (χ4n) is 2.17. The molecule has 0 unspecified atom stereocenters. The Morgan fingerprint density at radius 3 is 2.65 bits per heavy atom. The third-order valence-electron chi connectivity index (χ3n) is 3.38. The standard InChI is InChI=1S/C15H14BrN3O/c16-12-3-5-13(6-4-12)18-15(20)11-9-19(10-11)14-2-1-7-17-8-14/h1-8,11H,9-10H2,(H,18,20). The van der Waals surface area contributed by atoms with Gasteiger partial charge < -0.3 is 10.2 Å². The summed E-state index contributed by atoms with van der Waals surface area (Å²) in [6.45, 7) is 1.49. The van der Waals surface area contributed by atoms with E-state index in [1.807, 2.05) is 42.6 Å². The SMILES string of the molecule is O=C(Nc1ccc(Br)cc1)C1CN(c2cccnc2)C1. The van der Waals surface area contributed by atoms with Crippen LogP contribution in [0.2, 0.25) is 0 Å². The normalized spacial score (nSPS) is 14.8. The van der Waals surface area contributed by atoms with Crippen molar-refractivity contribution >= 4 is 33.2 Å². The molecular formula is C15H14BrN3O. The van der Waals surface area contributed by atoms with E-state index in [1.54, 1.807) is 6.20 Å². The third kappa shape index (κ3) is 2.82. The Hall–Kier alpha value is -1.88. The van der Waals surface area contributed by atoms with Crippen LogP contribution in [0.1, 0.15) is 0 Å². The van der Waals surface area contributed by atoms with Crippen LogP contribution in [0.5, 0.6) is 0 Å². The Morgan fingerprint density at radius 1 is 1.25 bits per heavy atom. The zero-order valence-corrected chi connectivity index (χ0v) is 12.4. The van der Waals surface area contributed by atoms with Crippen molar-refractivity contribution in [1.29, 1.82) is 0 Å². The average Bonchev–Trinajstić information content (AvgIpc) is 2.41. The number of aromatic nitrogens is 1. The first kappa shape index (κ1) is 13.1. The second kappa shape index (κ2) is 5.63. The maximum atomic E-state index is 12.1. The van der Waals surface area contributed by atoms with Gasteiger partial charge in [0.15, 0.2) is 0 Å². The van der Waals surface area contributed by atoms with Crippen molar-refractivity contribution in [3.63, 3.8) is 0 Å². The molecule has 0 atom stereocenters. The number of amides is 1. The summed E-state index contributed by atoms with van der Waals surface area (Å²) in [6.07, 6.45) is 3.57. The van der Waals surface area contributed by atoms with Crippen LogP contribution in [0, 0.1) is 5.92 Å². The number of hydrogen-bond acceptors (Lipinski definition) is 3. The van der Waals surface area contributed by atoms with E-state index in [4.69, 9.17) is 0 Å². The molecule has 0 saturated carbocycles. The highest BCUT2D eigenvalue weighted by Gasteiger charge is 2.32. The lowest BCUT2D eigenvalue weighted by Crippen LogP contribution is -2.52. The van der Waals surface area contributed by atoms with Gasteiger partial charge in [-0.2, -0.15) is 0 Å². The predicted octanol–water partition coefficient (Wildman–Crippen LogP) is 2.92. The molecule has 2 heterocycles. The van der Waals surface area contributed by atoms with Crippen molar-refractivity contribution in [3.05, 3.63) is 53.3 Å². The smallest absolute Gasteiger partial charge is 0.231 e. The van der Waals surface area contributed by atoms with Gasteiger partial charge in [-0.3, -0.25) is 9.78 Å². The first-order valence-corrected chi connectivity index (χ1v) is 7.23. The van der Waals surface area contributed by atoms with Crippen LogP contribution in [-0.2, 0) is 4.79 Å². The summed E-state index contributed by atoms with van der Waals surface area (Å²) >= 11 is 3.37. The minimum Gasteiger partial charge on any atom is -0.369 e. The van der Waals surface area contributed by atoms with Crippen molar-refractivity contribution in [1.82, 2.24) is 4.98 Å². The van der Waals surface area contributed by atoms with Gasteiger partial charge in [-0.1, -0.05) is 15.9 Å². The molecule has 1 amide bonds. The van der Waals surface area contributed by atoms with E-state index in [1.165, 1.54) is 0 Å². The van der Waals surface area contributed by atoms with Gasteiger partial charge in [0.05, 0.1) is 17.8 Å². The lowest BCUT2D eigenvalue weighted by Gasteiger charge is -2.39. The molecule has 2 aromatic rings. The van der Waals surface area contributed by atoms with Gasteiger partial charge in [0, 0.05) is 29.4 Å². The maximum Gasteiger partial charge on any atom is 0.231 e. The molecule has 1 aliphatic heterocycles. The summed E-state index contributed by atoms with van der Waals surface area (Å²) in [5.74, 6) is 0.117. The van der Waals surface area contributed by atoms with Gasteiger partial charge in [-0.15, -0.1) is 0 Å². The number of carbonyl (C=O) groups is 1. The zero-order valence-electron chi connectivity index (χ0n) is 10.8. The quantitative estimate of drug-likeness (QED) is 0.940. The highest BCUT2D eigenvalue weighted by molar-refractivity contribution is 9.10. The number of carbonyl (C=O) groups excluding carboxylic acids is 1. The minimum atomic E-state index is 0.0406. The monoisotopic (exact) mass is 331 g/mol. The van der Waals surface area contributed by atoms with Crippen LogP contribution in [0.4, 0.5) is 11.4 Å². The molecule has 1 N–H and O–H groups in total. The molecule has 0 spiro atoms. The Bertz CT molecular complexity index is 594. The van der Waals surface area contributed by atoms with Crippen molar-refractivity contribution in [2.45, 2.75) is 0 Å². The zero-order chi connectivity index (χ0) is 13.9. The molecule has 5 heteroatoms. The van der Waals surface area contributed by atoms with Gasteiger partial charge in [-0.25, -0.2) is 0 Å². The average molecular weight is 332 g/mol. The molecule has 20 heavy (non-hydrogen) atoms. The van der Waals surface area contributed by atoms with Gasteiger partial charge in [-0.05, 0) is 36.4 Å². The second-order valence-corrected chi connectivity index (χ2v) is 5.72. The van der Waals surface area contributed by atoms with Crippen LogP contribution in [0.25, 0.3) is 0 Å². The third-order valence-corrected chi connectivity index (χ3v) is 3.90. The van der Waals surface area contributed by atoms with Crippen molar-refractivity contribution in [2.24, 2.45) is 5.92 Å². The Labute approximate surface area is 126 Å². The number of pyridine rings is 1. The minimum absolute atomic E-state index is 0.0406. The number of rotatable bonds is 3. The molecule has 1 aliphatic rings. The van der Waals surface area contributed by atoms with Crippen LogP contribution >= 0.6 is 15.9 Å². The Balaban J connectivity index is 1.55. The first-order valence-electron chi connectivity index (χ1n) is 6.44. The predicted molar refractivity (Wildman–Crippen MR) is 82.7 cm³/mol. The highest BCUT2D eigenvalue weighted by Crippen LogP contribution is 2.24. The highest BCUT2D eigenvalue weighted by atomic mass is 79.9. The summed E-state index contributed by atoms with van der Waals surface area (Å²) in [5, 5.41) is 2.94. The molecular weight excluding hydrogens is 318 g/mol. The Kier molecular flexibility index (Phi) is 3.69. The van der Waals surface area contributed by atoms with E-state index in [0.717, 1.165) is 28.9 Å². The van der Waals surface area contributed by atoms with E-state index in [9.17, 15) is 4.79 Å². The molecule has 4 nitrogen and oxygen atoms in total. The molecule has 1 aromatic carbocycles. The molecule has 0 aliphatic carbocycles. The van der Waals surface area contributed by atoms with Crippen LogP contribution in [0.3, 0.4) is 0 Å². The molecule has 0 bridgehead atoms. The lowest BCUT2D eigenvalue weighted by atomic mass is 9.98. The van der Waals surface area contributed by atoms with E-state index >= 15 is 0 Å². The summed E-state index contributed by atoms with van der Waals surface area (Å²) in [7, 11) is 0. The van der Waals surface area contributed by atoms with E-state index in [0.29, 0.717) is 0 Å². The van der Waals surface area contributed by atoms with Crippen molar-refractivity contribution in [2.75, 3.05) is 23.3 Å². The second-order valence-electron chi connectivity index (χ2n) is 4.81. The van der Waals surface area contributed by atoms with Crippen LogP contribution < -0.4 is 10.2 Å². The van der Waals surface area contributed by atoms with Crippen LogP contribution in [0.15, 0.2) is 53.3 Å². The number of hydrogen-bond donors (Lipinski definition) is 1. The number of anilines is 2. The molecule has 1 fully saturated rings. The summed E-state index contributed by atoms with van der Waals surface area (Å²) < 4.78 is 1.00. The molecule has 0 radical (unpaired) electrons. The summed E-state index contributed by atoms with van der Waals surface area (Å²) in [5.41, 5.74) is 1.90. The van der Waals surface area contributed by atoms with Gasteiger partial charge >= 0.3 is 0 Å². The van der Waals surface area contributed by atoms with E-state index < -0.39 is 0 Å². The number of nitrogens with zero attached hydrogens (tertiary/aromatic N) is 2. The number of benzene rings is 1. The summed E-state index contributed by atoms with van der Waals surface area (Å²) in [6, 6.07) is 11.5. The fraction of sp³-hybridized carbons (Fsp3) is 0.200. The van der Waals surface area contributed by atoms with Crippen LogP contribution in [-0.4, -0.2) is 24.0 Å². The number of nitrogens with one attached hydrogen (secondary N) is 1. The van der Waals surface area contributed by atoms with E-state index in [-0.39, 0.29) is 11.8 Å². The largest absolute Gasteiger partial charge is 0.369 e. The topological polar surface area (TPSA) is 45.2 Å². The molecule has 1 saturated heterocycles. The molecule has 3 rings (SSSR count). The molecule has 1 aromatic heterocycles. The van der Waals surface area contributed by atoms with Gasteiger partial charge in [0.25, 0.3) is 0 Å². The van der Waals surface area contributed by atoms with Gasteiger partial charge in [0.2, 0.25) is 5.91 Å². The fourth-order valence-corrected chi connectivity index (χ4v) is 2.44. The van der Waals surface area contributed by atoms with Crippen molar-refractivity contribution in [3.8, 4) is 0 Å². The Morgan fingerprint density at radius 2 is 2.00 bits per heavy atom. The first-order chi connectivity index (χ1) is 9.72. The van der Waals surface area contributed by atoms with Gasteiger partial charge in [0.1, 0.15) is 0 Å². The summed E-state index contributed by atoms with van der Waals surface area (Å²) in [4.78, 5) is 18.3. The molecule has 102 valence electrons.